The van der Waals surface area contributed by atoms with E-state index in [0.717, 1.165) is 5.06 Å². The van der Waals surface area contributed by atoms with Crippen molar-refractivity contribution in [3.63, 3.8) is 0 Å². The highest BCUT2D eigenvalue weighted by molar-refractivity contribution is 4.78. The van der Waals surface area contributed by atoms with E-state index in [0.29, 0.717) is 0 Å². The molecule has 0 amide bonds. The van der Waals surface area contributed by atoms with Crippen LogP contribution in [0.4, 0.5) is 0 Å². The van der Waals surface area contributed by atoms with Crippen LogP contribution in [0, 0.1) is 0 Å². The van der Waals surface area contributed by atoms with Crippen LogP contribution in [0.1, 0.15) is 34.6 Å². The number of hydrogen-bond acceptors (Lipinski definition) is 3. The summed E-state index contributed by atoms with van der Waals surface area (Å²) in [6, 6.07) is 0. The number of rotatable bonds is 1. The number of hydroxylamine groups is 2. The molecule has 0 aromatic heterocycles. The SMILES string of the molecule is CC(C)(C)N(O)C(C)(C)N. The molecule has 0 atom stereocenters. The largest absolute Gasteiger partial charge is 0.312 e. The first-order valence-corrected chi connectivity index (χ1v) is 3.44. The summed E-state index contributed by atoms with van der Waals surface area (Å²) in [4.78, 5) is 0. The van der Waals surface area contributed by atoms with E-state index in [4.69, 9.17) is 5.73 Å². The summed E-state index contributed by atoms with van der Waals surface area (Å²) in [5.74, 6) is 0. The summed E-state index contributed by atoms with van der Waals surface area (Å²) in [6.45, 7) is 9.24. The molecule has 0 aromatic carbocycles. The van der Waals surface area contributed by atoms with Crippen LogP contribution in [-0.4, -0.2) is 21.5 Å². The maximum absolute atomic E-state index is 9.43. The molecule has 0 heterocycles. The van der Waals surface area contributed by atoms with Crippen LogP contribution in [0.25, 0.3) is 0 Å². The summed E-state index contributed by atoms with van der Waals surface area (Å²) in [6.07, 6.45) is 0. The third kappa shape index (κ3) is 2.64. The maximum Gasteiger partial charge on any atom is 0.0874 e. The predicted molar refractivity (Wildman–Crippen MR) is 41.6 cm³/mol. The van der Waals surface area contributed by atoms with E-state index < -0.39 is 5.66 Å². The average Bonchev–Trinajstić information content (AvgIpc) is 1.59. The van der Waals surface area contributed by atoms with E-state index in [9.17, 15) is 5.21 Å². The Balaban J connectivity index is 4.23. The topological polar surface area (TPSA) is 49.5 Å². The van der Waals surface area contributed by atoms with Gasteiger partial charge >= 0.3 is 0 Å². The van der Waals surface area contributed by atoms with Crippen LogP contribution >= 0.6 is 0 Å². The molecule has 0 aromatic rings. The normalized spacial score (nSPS) is 14.4. The fraction of sp³-hybridized carbons (Fsp3) is 1.00. The minimum atomic E-state index is -0.668. The van der Waals surface area contributed by atoms with Gasteiger partial charge in [0, 0.05) is 5.54 Å². The van der Waals surface area contributed by atoms with Gasteiger partial charge in [0.1, 0.15) is 0 Å². The second-order valence-corrected chi connectivity index (χ2v) is 4.14. The Bertz CT molecular complexity index is 95.8. The van der Waals surface area contributed by atoms with Crippen molar-refractivity contribution in [2.24, 2.45) is 5.73 Å². The molecule has 0 bridgehead atoms. The van der Waals surface area contributed by atoms with Gasteiger partial charge < -0.3 is 10.9 Å². The van der Waals surface area contributed by atoms with E-state index in [1.807, 2.05) is 20.8 Å². The Morgan fingerprint density at radius 3 is 1.40 bits per heavy atom. The van der Waals surface area contributed by atoms with Crippen LogP contribution in [0.3, 0.4) is 0 Å². The van der Waals surface area contributed by atoms with Crippen molar-refractivity contribution < 1.29 is 5.21 Å². The molecule has 0 saturated heterocycles. The molecule has 10 heavy (non-hydrogen) atoms. The third-order valence-corrected chi connectivity index (χ3v) is 1.18. The highest BCUT2D eigenvalue weighted by Gasteiger charge is 2.30. The molecular weight excluding hydrogens is 128 g/mol. The molecule has 0 fully saturated rings. The molecule has 0 aliphatic heterocycles. The van der Waals surface area contributed by atoms with Crippen molar-refractivity contribution >= 4 is 0 Å². The second-order valence-electron chi connectivity index (χ2n) is 4.14. The minimum Gasteiger partial charge on any atom is -0.312 e. The molecule has 3 heteroatoms. The molecule has 0 radical (unpaired) electrons. The van der Waals surface area contributed by atoms with E-state index in [1.54, 1.807) is 13.8 Å². The van der Waals surface area contributed by atoms with Gasteiger partial charge in [-0.2, -0.15) is 5.06 Å². The van der Waals surface area contributed by atoms with Gasteiger partial charge in [0.2, 0.25) is 0 Å². The minimum absolute atomic E-state index is 0.293. The summed E-state index contributed by atoms with van der Waals surface area (Å²) < 4.78 is 0. The van der Waals surface area contributed by atoms with E-state index in [-0.39, 0.29) is 5.54 Å². The lowest BCUT2D eigenvalue weighted by Crippen LogP contribution is -2.57. The van der Waals surface area contributed by atoms with E-state index in [1.165, 1.54) is 0 Å². The van der Waals surface area contributed by atoms with Crippen molar-refractivity contribution in [2.75, 3.05) is 0 Å². The van der Waals surface area contributed by atoms with Crippen LogP contribution in [-0.2, 0) is 0 Å². The third-order valence-electron chi connectivity index (χ3n) is 1.18. The van der Waals surface area contributed by atoms with E-state index >= 15 is 0 Å². The van der Waals surface area contributed by atoms with Crippen molar-refractivity contribution in [2.45, 2.75) is 45.8 Å². The summed E-state index contributed by atoms with van der Waals surface area (Å²) in [5.41, 5.74) is 4.68. The molecular formula is C7H18N2O. The van der Waals surface area contributed by atoms with Gasteiger partial charge in [-0.05, 0) is 34.6 Å². The summed E-state index contributed by atoms with van der Waals surface area (Å²) in [7, 11) is 0. The smallest absolute Gasteiger partial charge is 0.0874 e. The molecule has 0 aliphatic rings. The Labute approximate surface area is 62.8 Å². The summed E-state index contributed by atoms with van der Waals surface area (Å²) in [5, 5.41) is 10.6. The molecule has 3 nitrogen and oxygen atoms in total. The van der Waals surface area contributed by atoms with Gasteiger partial charge in [-0.25, -0.2) is 0 Å². The number of hydrogen-bond donors (Lipinski definition) is 2. The number of nitrogens with two attached hydrogens (primary N) is 1. The lowest BCUT2D eigenvalue weighted by atomic mass is 10.1. The van der Waals surface area contributed by atoms with Crippen molar-refractivity contribution in [3.05, 3.63) is 0 Å². The zero-order valence-electron chi connectivity index (χ0n) is 7.47. The van der Waals surface area contributed by atoms with Gasteiger partial charge in [-0.3, -0.25) is 0 Å². The van der Waals surface area contributed by atoms with Crippen molar-refractivity contribution in [1.29, 1.82) is 0 Å². The first-order chi connectivity index (χ1) is 4.15. The standard InChI is InChI=1S/C7H18N2O/c1-6(2,3)9(10)7(4,5)8/h10H,8H2,1-5H3. The molecule has 0 saturated carbocycles. The fourth-order valence-corrected chi connectivity index (χ4v) is 0.864. The van der Waals surface area contributed by atoms with Crippen LogP contribution in [0.15, 0.2) is 0 Å². The van der Waals surface area contributed by atoms with Crippen molar-refractivity contribution in [1.82, 2.24) is 5.06 Å². The quantitative estimate of drug-likeness (QED) is 0.431. The second kappa shape index (κ2) is 2.49. The highest BCUT2D eigenvalue weighted by atomic mass is 16.5. The average molecular weight is 146 g/mol. The van der Waals surface area contributed by atoms with Gasteiger partial charge in [0.25, 0.3) is 0 Å². The van der Waals surface area contributed by atoms with Crippen LogP contribution < -0.4 is 5.73 Å². The molecule has 0 unspecified atom stereocenters. The Morgan fingerprint density at radius 1 is 1.10 bits per heavy atom. The predicted octanol–water partition coefficient (Wildman–Crippen LogP) is 1.17. The Hall–Kier alpha value is -0.120. The van der Waals surface area contributed by atoms with Gasteiger partial charge in [0.15, 0.2) is 0 Å². The van der Waals surface area contributed by atoms with Gasteiger partial charge in [-0.1, -0.05) is 0 Å². The van der Waals surface area contributed by atoms with Gasteiger partial charge in [0.05, 0.1) is 5.66 Å². The zero-order valence-corrected chi connectivity index (χ0v) is 7.47. The lowest BCUT2D eigenvalue weighted by molar-refractivity contribution is -0.216. The van der Waals surface area contributed by atoms with Crippen LogP contribution in [0.2, 0.25) is 0 Å². The first-order valence-electron chi connectivity index (χ1n) is 3.44. The Kier molecular flexibility index (Phi) is 2.46. The maximum atomic E-state index is 9.43. The molecule has 62 valence electrons. The highest BCUT2D eigenvalue weighted by Crippen LogP contribution is 2.17. The lowest BCUT2D eigenvalue weighted by Gasteiger charge is -2.39. The first kappa shape index (κ1) is 9.88. The molecule has 0 spiro atoms. The summed E-state index contributed by atoms with van der Waals surface area (Å²) >= 11 is 0. The zero-order chi connectivity index (χ0) is 8.58. The fourth-order valence-electron chi connectivity index (χ4n) is 0.864. The van der Waals surface area contributed by atoms with Crippen molar-refractivity contribution in [3.8, 4) is 0 Å². The molecule has 0 aliphatic carbocycles. The Morgan fingerprint density at radius 2 is 1.40 bits per heavy atom. The monoisotopic (exact) mass is 146 g/mol. The van der Waals surface area contributed by atoms with E-state index in [2.05, 4.69) is 0 Å². The van der Waals surface area contributed by atoms with Gasteiger partial charge in [-0.15, -0.1) is 0 Å². The van der Waals surface area contributed by atoms with Crippen LogP contribution in [0.5, 0.6) is 0 Å². The molecule has 3 N–H and O–H groups in total. The number of nitrogens with zero attached hydrogens (tertiary/aromatic N) is 1. The molecule has 0 rings (SSSR count).